The molecule has 0 aromatic heterocycles. The molecule has 120 valence electrons. The van der Waals surface area contributed by atoms with Crippen LogP contribution < -0.4 is 10.2 Å². The molecule has 1 atom stereocenters. The van der Waals surface area contributed by atoms with Crippen LogP contribution in [-0.4, -0.2) is 31.7 Å². The van der Waals surface area contributed by atoms with E-state index >= 15 is 0 Å². The Morgan fingerprint density at radius 2 is 2.04 bits per heavy atom. The molecule has 1 aliphatic heterocycles. The Kier molecular flexibility index (Phi) is 4.57. The van der Waals surface area contributed by atoms with Gasteiger partial charge in [-0.1, -0.05) is 6.07 Å². The maximum atomic E-state index is 13.2. The smallest absolute Gasteiger partial charge is 0.255 e. The number of halogens is 1. The molecule has 2 aromatic carbocycles. The van der Waals surface area contributed by atoms with Gasteiger partial charge in [0.1, 0.15) is 5.82 Å². The van der Waals surface area contributed by atoms with Crippen molar-refractivity contribution in [1.29, 1.82) is 0 Å². The number of benzene rings is 2. The number of morpholine rings is 1. The predicted molar refractivity (Wildman–Crippen MR) is 88.4 cm³/mol. The summed E-state index contributed by atoms with van der Waals surface area (Å²) in [5.74, 6) is -0.744. The van der Waals surface area contributed by atoms with Crippen molar-refractivity contribution >= 4 is 17.3 Å². The third-order valence-electron chi connectivity index (χ3n) is 3.82. The average Bonchev–Trinajstić information content (AvgIpc) is 2.55. The molecule has 0 saturated carbocycles. The summed E-state index contributed by atoms with van der Waals surface area (Å²) in [7, 11) is 0. The fourth-order valence-electron chi connectivity index (χ4n) is 2.64. The van der Waals surface area contributed by atoms with Crippen molar-refractivity contribution in [2.24, 2.45) is 0 Å². The quantitative estimate of drug-likeness (QED) is 0.945. The zero-order valence-electron chi connectivity index (χ0n) is 13.0. The summed E-state index contributed by atoms with van der Waals surface area (Å²) in [5, 5.41) is 2.78. The molecule has 5 heteroatoms. The highest BCUT2D eigenvalue weighted by molar-refractivity contribution is 6.04. The summed E-state index contributed by atoms with van der Waals surface area (Å²) in [6.07, 6.45) is 0.219. The molecule has 0 spiro atoms. The average molecular weight is 314 g/mol. The Hall–Kier alpha value is -2.40. The number of rotatable bonds is 3. The van der Waals surface area contributed by atoms with Crippen molar-refractivity contribution in [2.75, 3.05) is 29.9 Å². The first-order chi connectivity index (χ1) is 11.1. The molecule has 0 radical (unpaired) electrons. The van der Waals surface area contributed by atoms with Crippen LogP contribution in [0.5, 0.6) is 0 Å². The Morgan fingerprint density at radius 3 is 2.74 bits per heavy atom. The van der Waals surface area contributed by atoms with Gasteiger partial charge in [-0.2, -0.15) is 0 Å². The van der Waals surface area contributed by atoms with E-state index in [-0.39, 0.29) is 12.0 Å². The van der Waals surface area contributed by atoms with E-state index in [1.165, 1.54) is 18.2 Å². The third kappa shape index (κ3) is 3.87. The number of ether oxygens (including phenoxy) is 1. The zero-order valence-corrected chi connectivity index (χ0v) is 13.0. The summed E-state index contributed by atoms with van der Waals surface area (Å²) in [6, 6.07) is 13.3. The standard InChI is InChI=1S/C18H19FN2O2/c1-13-12-21(9-10-23-13)17-7-5-16(6-8-17)20-18(22)14-3-2-4-15(19)11-14/h2-8,11,13H,9-10,12H2,1H3,(H,20,22). The topological polar surface area (TPSA) is 41.6 Å². The molecule has 0 bridgehead atoms. The molecule has 1 heterocycles. The molecule has 1 saturated heterocycles. The monoisotopic (exact) mass is 314 g/mol. The normalized spacial score (nSPS) is 17.8. The highest BCUT2D eigenvalue weighted by atomic mass is 19.1. The number of carbonyl (C=O) groups is 1. The van der Waals surface area contributed by atoms with Crippen LogP contribution in [0.2, 0.25) is 0 Å². The first-order valence-electron chi connectivity index (χ1n) is 7.65. The summed E-state index contributed by atoms with van der Waals surface area (Å²) in [4.78, 5) is 14.3. The van der Waals surface area contributed by atoms with E-state index in [1.807, 2.05) is 24.3 Å². The number of anilines is 2. The van der Waals surface area contributed by atoms with Gasteiger partial charge in [0.2, 0.25) is 0 Å². The molecular weight excluding hydrogens is 295 g/mol. The number of hydrogen-bond acceptors (Lipinski definition) is 3. The predicted octanol–water partition coefficient (Wildman–Crippen LogP) is 3.30. The molecule has 1 aliphatic rings. The highest BCUT2D eigenvalue weighted by Crippen LogP contribution is 2.21. The Bertz CT molecular complexity index is 688. The summed E-state index contributed by atoms with van der Waals surface area (Å²) >= 11 is 0. The van der Waals surface area contributed by atoms with Gasteiger partial charge in [0.15, 0.2) is 0 Å². The van der Waals surface area contributed by atoms with E-state index in [0.717, 1.165) is 25.4 Å². The molecule has 0 aliphatic carbocycles. The minimum Gasteiger partial charge on any atom is -0.375 e. The zero-order chi connectivity index (χ0) is 16.2. The maximum Gasteiger partial charge on any atom is 0.255 e. The van der Waals surface area contributed by atoms with Crippen molar-refractivity contribution in [3.8, 4) is 0 Å². The molecule has 23 heavy (non-hydrogen) atoms. The second kappa shape index (κ2) is 6.79. The molecule has 2 aromatic rings. The van der Waals surface area contributed by atoms with E-state index < -0.39 is 5.82 Å². The summed E-state index contributed by atoms with van der Waals surface area (Å²) in [6.45, 7) is 4.49. The van der Waals surface area contributed by atoms with Crippen LogP contribution in [0, 0.1) is 5.82 Å². The lowest BCUT2D eigenvalue weighted by Gasteiger charge is -2.33. The molecule has 1 N–H and O–H groups in total. The van der Waals surface area contributed by atoms with Gasteiger partial charge in [0.25, 0.3) is 5.91 Å². The van der Waals surface area contributed by atoms with Crippen molar-refractivity contribution in [3.63, 3.8) is 0 Å². The van der Waals surface area contributed by atoms with Crippen molar-refractivity contribution in [1.82, 2.24) is 0 Å². The van der Waals surface area contributed by atoms with Crippen LogP contribution in [0.25, 0.3) is 0 Å². The highest BCUT2D eigenvalue weighted by Gasteiger charge is 2.17. The SMILES string of the molecule is CC1CN(c2ccc(NC(=O)c3cccc(F)c3)cc2)CCO1. The molecule has 1 unspecified atom stereocenters. The van der Waals surface area contributed by atoms with Crippen molar-refractivity contribution < 1.29 is 13.9 Å². The van der Waals surface area contributed by atoms with Crippen molar-refractivity contribution in [2.45, 2.75) is 13.0 Å². The van der Waals surface area contributed by atoms with Crippen LogP contribution in [0.3, 0.4) is 0 Å². The maximum absolute atomic E-state index is 13.2. The lowest BCUT2D eigenvalue weighted by Crippen LogP contribution is -2.41. The van der Waals surface area contributed by atoms with Crippen LogP contribution in [0.1, 0.15) is 17.3 Å². The molecule has 1 amide bonds. The minimum atomic E-state index is -0.422. The van der Waals surface area contributed by atoms with Crippen LogP contribution in [-0.2, 0) is 4.74 Å². The fourth-order valence-corrected chi connectivity index (χ4v) is 2.64. The van der Waals surface area contributed by atoms with Gasteiger partial charge in [0, 0.05) is 30.0 Å². The molecule has 4 nitrogen and oxygen atoms in total. The number of hydrogen-bond donors (Lipinski definition) is 1. The molecule has 3 rings (SSSR count). The van der Waals surface area contributed by atoms with Gasteiger partial charge in [-0.3, -0.25) is 4.79 Å². The first kappa shape index (κ1) is 15.5. The molecular formula is C18H19FN2O2. The van der Waals surface area contributed by atoms with E-state index in [1.54, 1.807) is 6.07 Å². The van der Waals surface area contributed by atoms with E-state index in [2.05, 4.69) is 17.1 Å². The number of amides is 1. The Labute approximate surface area is 134 Å². The fraction of sp³-hybridized carbons (Fsp3) is 0.278. The first-order valence-corrected chi connectivity index (χ1v) is 7.65. The van der Waals surface area contributed by atoms with E-state index in [0.29, 0.717) is 11.3 Å². The second-order valence-corrected chi connectivity index (χ2v) is 5.64. The van der Waals surface area contributed by atoms with Gasteiger partial charge in [0.05, 0.1) is 12.7 Å². The van der Waals surface area contributed by atoms with Crippen LogP contribution >= 0.6 is 0 Å². The second-order valence-electron chi connectivity index (χ2n) is 5.64. The molecule has 1 fully saturated rings. The Morgan fingerprint density at radius 1 is 1.26 bits per heavy atom. The van der Waals surface area contributed by atoms with Crippen LogP contribution in [0.15, 0.2) is 48.5 Å². The minimum absolute atomic E-state index is 0.219. The van der Waals surface area contributed by atoms with Gasteiger partial charge in [-0.05, 0) is 49.4 Å². The number of carbonyl (C=O) groups excluding carboxylic acids is 1. The largest absolute Gasteiger partial charge is 0.375 e. The van der Waals surface area contributed by atoms with Crippen molar-refractivity contribution in [3.05, 3.63) is 59.9 Å². The Balaban J connectivity index is 1.66. The summed E-state index contributed by atoms with van der Waals surface area (Å²) in [5.41, 5.74) is 2.09. The van der Waals surface area contributed by atoms with Gasteiger partial charge >= 0.3 is 0 Å². The van der Waals surface area contributed by atoms with E-state index in [9.17, 15) is 9.18 Å². The lowest BCUT2D eigenvalue weighted by atomic mass is 10.2. The number of nitrogens with one attached hydrogen (secondary N) is 1. The summed E-state index contributed by atoms with van der Waals surface area (Å²) < 4.78 is 18.7. The number of nitrogens with zero attached hydrogens (tertiary/aromatic N) is 1. The van der Waals surface area contributed by atoms with Gasteiger partial charge in [-0.25, -0.2) is 4.39 Å². The van der Waals surface area contributed by atoms with E-state index in [4.69, 9.17) is 4.74 Å². The third-order valence-corrected chi connectivity index (χ3v) is 3.82. The van der Waals surface area contributed by atoms with Gasteiger partial charge in [-0.15, -0.1) is 0 Å². The lowest BCUT2D eigenvalue weighted by molar-refractivity contribution is 0.0532. The van der Waals surface area contributed by atoms with Crippen LogP contribution in [0.4, 0.5) is 15.8 Å². The van der Waals surface area contributed by atoms with Gasteiger partial charge < -0.3 is 15.0 Å².